The van der Waals surface area contributed by atoms with Gasteiger partial charge in [-0.1, -0.05) is 37.2 Å². The lowest BCUT2D eigenvalue weighted by Crippen LogP contribution is -2.06. The molecule has 112 valence electrons. The SMILES string of the molecule is CC(C)c1nnc(SCC(=O)O)n1-c1ccc(F)cc1Cl. The molecular weight excluding hydrogens is 317 g/mol. The van der Waals surface area contributed by atoms with Gasteiger partial charge in [0.05, 0.1) is 16.5 Å². The maximum atomic E-state index is 13.2. The smallest absolute Gasteiger partial charge is 0.313 e. The number of thioether (sulfide) groups is 1. The molecule has 1 aromatic carbocycles. The summed E-state index contributed by atoms with van der Waals surface area (Å²) in [5.74, 6) is -0.850. The highest BCUT2D eigenvalue weighted by Gasteiger charge is 2.19. The summed E-state index contributed by atoms with van der Waals surface area (Å²) in [6.07, 6.45) is 0. The van der Waals surface area contributed by atoms with Gasteiger partial charge in [0.25, 0.3) is 0 Å². The van der Waals surface area contributed by atoms with Crippen molar-refractivity contribution in [3.8, 4) is 5.69 Å². The molecule has 2 rings (SSSR count). The van der Waals surface area contributed by atoms with E-state index in [9.17, 15) is 9.18 Å². The number of aromatic nitrogens is 3. The van der Waals surface area contributed by atoms with E-state index in [1.165, 1.54) is 18.2 Å². The quantitative estimate of drug-likeness (QED) is 0.852. The second kappa shape index (κ2) is 6.44. The molecule has 8 heteroatoms. The van der Waals surface area contributed by atoms with Gasteiger partial charge in [-0.25, -0.2) is 4.39 Å². The molecule has 0 radical (unpaired) electrons. The summed E-state index contributed by atoms with van der Waals surface area (Å²) in [6, 6.07) is 4.02. The van der Waals surface area contributed by atoms with E-state index in [-0.39, 0.29) is 16.7 Å². The van der Waals surface area contributed by atoms with Crippen LogP contribution in [0.4, 0.5) is 4.39 Å². The van der Waals surface area contributed by atoms with Gasteiger partial charge in [-0.15, -0.1) is 10.2 Å². The second-order valence-corrected chi connectivity index (χ2v) is 5.96. The molecule has 0 aliphatic carbocycles. The predicted octanol–water partition coefficient (Wildman–Crippen LogP) is 3.36. The van der Waals surface area contributed by atoms with Crippen LogP contribution in [0.5, 0.6) is 0 Å². The van der Waals surface area contributed by atoms with E-state index in [0.29, 0.717) is 16.7 Å². The maximum absolute atomic E-state index is 13.2. The molecule has 0 spiro atoms. The third kappa shape index (κ3) is 3.54. The number of aliphatic carboxylic acids is 1. The molecule has 21 heavy (non-hydrogen) atoms. The first-order valence-corrected chi connectivity index (χ1v) is 7.52. The van der Waals surface area contributed by atoms with Crippen molar-refractivity contribution in [1.82, 2.24) is 14.8 Å². The average molecular weight is 330 g/mol. The van der Waals surface area contributed by atoms with Gasteiger partial charge < -0.3 is 5.11 Å². The first-order chi connectivity index (χ1) is 9.90. The second-order valence-electron chi connectivity index (χ2n) is 4.61. The zero-order chi connectivity index (χ0) is 15.6. The van der Waals surface area contributed by atoms with E-state index in [1.807, 2.05) is 13.8 Å². The van der Waals surface area contributed by atoms with Crippen LogP contribution in [0.15, 0.2) is 23.4 Å². The molecule has 1 aromatic heterocycles. The van der Waals surface area contributed by atoms with E-state index in [4.69, 9.17) is 16.7 Å². The lowest BCUT2D eigenvalue weighted by atomic mass is 10.2. The zero-order valence-electron chi connectivity index (χ0n) is 11.4. The van der Waals surface area contributed by atoms with Crippen molar-refractivity contribution in [1.29, 1.82) is 0 Å². The fourth-order valence-electron chi connectivity index (χ4n) is 1.76. The summed E-state index contributed by atoms with van der Waals surface area (Å²) in [7, 11) is 0. The summed E-state index contributed by atoms with van der Waals surface area (Å²) in [4.78, 5) is 10.7. The van der Waals surface area contributed by atoms with Crippen LogP contribution in [0.2, 0.25) is 5.02 Å². The molecule has 0 aliphatic rings. The van der Waals surface area contributed by atoms with Crippen LogP contribution in [0, 0.1) is 5.82 Å². The first kappa shape index (κ1) is 15.8. The topological polar surface area (TPSA) is 68.0 Å². The van der Waals surface area contributed by atoms with Crippen LogP contribution >= 0.6 is 23.4 Å². The third-order valence-electron chi connectivity index (χ3n) is 2.65. The summed E-state index contributed by atoms with van der Waals surface area (Å²) in [5, 5.41) is 17.5. The lowest BCUT2D eigenvalue weighted by molar-refractivity contribution is -0.133. The van der Waals surface area contributed by atoms with Gasteiger partial charge in [-0.3, -0.25) is 9.36 Å². The summed E-state index contributed by atoms with van der Waals surface area (Å²) < 4.78 is 14.9. The minimum absolute atomic E-state index is 0.0535. The van der Waals surface area contributed by atoms with E-state index in [2.05, 4.69) is 10.2 Å². The number of halogens is 2. The van der Waals surface area contributed by atoms with Gasteiger partial charge in [0.2, 0.25) is 0 Å². The average Bonchev–Trinajstić information content (AvgIpc) is 2.80. The van der Waals surface area contributed by atoms with E-state index in [0.717, 1.165) is 11.8 Å². The van der Waals surface area contributed by atoms with E-state index in [1.54, 1.807) is 4.57 Å². The van der Waals surface area contributed by atoms with Gasteiger partial charge >= 0.3 is 5.97 Å². The van der Waals surface area contributed by atoms with Crippen LogP contribution in [-0.2, 0) is 4.79 Å². The number of hydrogen-bond acceptors (Lipinski definition) is 4. The lowest BCUT2D eigenvalue weighted by Gasteiger charge is -2.13. The van der Waals surface area contributed by atoms with Gasteiger partial charge in [0, 0.05) is 5.92 Å². The molecule has 0 bridgehead atoms. The van der Waals surface area contributed by atoms with Crippen molar-refractivity contribution >= 4 is 29.3 Å². The van der Waals surface area contributed by atoms with Gasteiger partial charge in [0.15, 0.2) is 5.16 Å². The standard InChI is InChI=1S/C13H13ClFN3O2S/c1-7(2)12-16-17-13(21-6-11(19)20)18(12)10-4-3-8(15)5-9(10)14/h3-5,7H,6H2,1-2H3,(H,19,20). The summed E-state index contributed by atoms with van der Waals surface area (Å²) >= 11 is 7.13. The molecule has 0 fully saturated rings. The van der Waals surface area contributed by atoms with Crippen LogP contribution in [0.1, 0.15) is 25.6 Å². The van der Waals surface area contributed by atoms with Gasteiger partial charge in [-0.05, 0) is 18.2 Å². The Kier molecular flexibility index (Phi) is 4.84. The highest BCUT2D eigenvalue weighted by Crippen LogP contribution is 2.30. The number of carbonyl (C=O) groups is 1. The van der Waals surface area contributed by atoms with Crippen molar-refractivity contribution in [3.63, 3.8) is 0 Å². The Morgan fingerprint density at radius 3 is 2.76 bits per heavy atom. The molecule has 0 aliphatic heterocycles. The number of hydrogen-bond donors (Lipinski definition) is 1. The highest BCUT2D eigenvalue weighted by atomic mass is 35.5. The Bertz CT molecular complexity index is 675. The Labute approximate surface area is 130 Å². The Morgan fingerprint density at radius 1 is 1.48 bits per heavy atom. The third-order valence-corrected chi connectivity index (χ3v) is 3.87. The van der Waals surface area contributed by atoms with E-state index < -0.39 is 11.8 Å². The number of nitrogens with zero attached hydrogens (tertiary/aromatic N) is 3. The van der Waals surface area contributed by atoms with Crippen molar-refractivity contribution in [2.45, 2.75) is 24.9 Å². The Morgan fingerprint density at radius 2 is 2.19 bits per heavy atom. The molecule has 0 saturated heterocycles. The molecule has 2 aromatic rings. The highest BCUT2D eigenvalue weighted by molar-refractivity contribution is 7.99. The predicted molar refractivity (Wildman–Crippen MR) is 78.8 cm³/mol. The summed E-state index contributed by atoms with van der Waals surface area (Å²) in [6.45, 7) is 3.87. The van der Waals surface area contributed by atoms with Gasteiger partial charge in [-0.2, -0.15) is 0 Å². The minimum Gasteiger partial charge on any atom is -0.481 e. The number of rotatable bonds is 5. The molecule has 0 atom stereocenters. The van der Waals surface area contributed by atoms with Crippen molar-refractivity contribution in [3.05, 3.63) is 34.9 Å². The molecular formula is C13H13ClFN3O2S. The van der Waals surface area contributed by atoms with Crippen molar-refractivity contribution in [2.75, 3.05) is 5.75 Å². The number of carboxylic acid groups (broad SMARTS) is 1. The number of carboxylic acids is 1. The fraction of sp³-hybridized carbons (Fsp3) is 0.308. The van der Waals surface area contributed by atoms with Crippen LogP contribution in [0.25, 0.3) is 5.69 Å². The van der Waals surface area contributed by atoms with E-state index >= 15 is 0 Å². The normalized spacial score (nSPS) is 11.1. The zero-order valence-corrected chi connectivity index (χ0v) is 13.0. The van der Waals surface area contributed by atoms with Gasteiger partial charge in [0.1, 0.15) is 11.6 Å². The molecule has 5 nitrogen and oxygen atoms in total. The Hall–Kier alpha value is -1.60. The molecule has 1 heterocycles. The molecule has 0 unspecified atom stereocenters. The van der Waals surface area contributed by atoms with Crippen LogP contribution in [-0.4, -0.2) is 31.6 Å². The first-order valence-electron chi connectivity index (χ1n) is 6.15. The Balaban J connectivity index is 2.52. The number of benzene rings is 1. The summed E-state index contributed by atoms with van der Waals surface area (Å²) in [5.41, 5.74) is 0.527. The fourth-order valence-corrected chi connectivity index (χ4v) is 2.69. The van der Waals surface area contributed by atoms with Crippen LogP contribution < -0.4 is 0 Å². The largest absolute Gasteiger partial charge is 0.481 e. The molecule has 0 amide bonds. The molecule has 1 N–H and O–H groups in total. The maximum Gasteiger partial charge on any atom is 0.313 e. The monoisotopic (exact) mass is 329 g/mol. The van der Waals surface area contributed by atoms with Crippen molar-refractivity contribution in [2.24, 2.45) is 0 Å². The van der Waals surface area contributed by atoms with Crippen LogP contribution in [0.3, 0.4) is 0 Å². The molecule has 0 saturated carbocycles. The van der Waals surface area contributed by atoms with Crippen molar-refractivity contribution < 1.29 is 14.3 Å². The minimum atomic E-state index is -0.953.